The Bertz CT molecular complexity index is 856. The maximum Gasteiger partial charge on any atom is 0.308 e. The Hall–Kier alpha value is -2.57. The van der Waals surface area contributed by atoms with Gasteiger partial charge in [-0.05, 0) is 51.2 Å². The summed E-state index contributed by atoms with van der Waals surface area (Å²) < 4.78 is 6.90. The molecule has 3 heterocycles. The van der Waals surface area contributed by atoms with Crippen LogP contribution in [0.4, 0.5) is 5.69 Å². The Kier molecular flexibility index (Phi) is 5.50. The van der Waals surface area contributed by atoms with Crippen molar-refractivity contribution in [2.75, 3.05) is 24.6 Å². The van der Waals surface area contributed by atoms with Crippen LogP contribution in [-0.2, 0) is 9.53 Å². The fraction of sp³-hybridized carbons (Fsp3) is 0.571. The van der Waals surface area contributed by atoms with Crippen LogP contribution >= 0.6 is 0 Å². The summed E-state index contributed by atoms with van der Waals surface area (Å²) in [5.74, 6) is -0.388. The van der Waals surface area contributed by atoms with Crippen molar-refractivity contribution in [1.82, 2.24) is 14.9 Å². The molecule has 1 saturated carbocycles. The van der Waals surface area contributed by atoms with Crippen LogP contribution in [0.25, 0.3) is 5.52 Å². The standard InChI is InChI=1S/C21H28N4O3/c1-2-28-21(27)15-6-5-7-16(12-15)23-20(26)18-14-22-25-11-8-17(13-19(18)25)24-9-3-4-10-24/h8,11,13-16H,2-7,9-10,12H2,1H3,(H,23,26). The van der Waals surface area contributed by atoms with Crippen molar-refractivity contribution in [3.05, 3.63) is 30.1 Å². The van der Waals surface area contributed by atoms with Crippen molar-refractivity contribution in [3.8, 4) is 0 Å². The lowest BCUT2D eigenvalue weighted by molar-refractivity contribution is -0.149. The SMILES string of the molecule is CCOC(=O)C1CCCC(NC(=O)c2cnn3ccc(N4CCCC4)cc23)C1. The smallest absolute Gasteiger partial charge is 0.308 e. The zero-order chi connectivity index (χ0) is 19.5. The third-order valence-corrected chi connectivity index (χ3v) is 5.85. The maximum absolute atomic E-state index is 12.9. The average Bonchev–Trinajstić information content (AvgIpc) is 3.38. The fourth-order valence-corrected chi connectivity index (χ4v) is 4.37. The molecule has 1 saturated heterocycles. The van der Waals surface area contributed by atoms with Crippen LogP contribution in [0.3, 0.4) is 0 Å². The molecule has 7 heteroatoms. The number of amides is 1. The van der Waals surface area contributed by atoms with Gasteiger partial charge in [-0.3, -0.25) is 9.59 Å². The highest BCUT2D eigenvalue weighted by Gasteiger charge is 2.29. The first-order valence-electron chi connectivity index (χ1n) is 10.4. The summed E-state index contributed by atoms with van der Waals surface area (Å²) in [5.41, 5.74) is 2.54. The number of nitrogens with one attached hydrogen (secondary N) is 1. The van der Waals surface area contributed by atoms with Gasteiger partial charge in [0.2, 0.25) is 0 Å². The molecule has 1 N–H and O–H groups in total. The predicted molar refractivity (Wildman–Crippen MR) is 106 cm³/mol. The number of carbonyl (C=O) groups is 2. The molecule has 28 heavy (non-hydrogen) atoms. The van der Waals surface area contributed by atoms with Gasteiger partial charge in [0, 0.05) is 31.0 Å². The van der Waals surface area contributed by atoms with Crippen molar-refractivity contribution < 1.29 is 14.3 Å². The molecular formula is C21H28N4O3. The van der Waals surface area contributed by atoms with Gasteiger partial charge in [-0.1, -0.05) is 6.42 Å². The van der Waals surface area contributed by atoms with Gasteiger partial charge in [0.15, 0.2) is 0 Å². The Morgan fingerprint density at radius 1 is 1.25 bits per heavy atom. The first-order valence-corrected chi connectivity index (χ1v) is 10.4. The first-order chi connectivity index (χ1) is 13.7. The number of hydrogen-bond donors (Lipinski definition) is 1. The van der Waals surface area contributed by atoms with Gasteiger partial charge in [-0.25, -0.2) is 4.52 Å². The van der Waals surface area contributed by atoms with E-state index >= 15 is 0 Å². The van der Waals surface area contributed by atoms with E-state index in [1.807, 2.05) is 13.1 Å². The Labute approximate surface area is 165 Å². The number of nitrogens with zero attached hydrogens (tertiary/aromatic N) is 3. The molecule has 2 fully saturated rings. The fourth-order valence-electron chi connectivity index (χ4n) is 4.37. The van der Waals surface area contributed by atoms with E-state index in [1.165, 1.54) is 12.8 Å². The minimum atomic E-state index is -0.146. The van der Waals surface area contributed by atoms with Gasteiger partial charge in [0.25, 0.3) is 5.91 Å². The Morgan fingerprint density at radius 2 is 2.07 bits per heavy atom. The molecule has 2 aliphatic rings. The van der Waals surface area contributed by atoms with Crippen LogP contribution in [0.2, 0.25) is 0 Å². The molecule has 0 spiro atoms. The van der Waals surface area contributed by atoms with Gasteiger partial charge in [-0.2, -0.15) is 5.10 Å². The van der Waals surface area contributed by atoms with E-state index in [4.69, 9.17) is 4.74 Å². The van der Waals surface area contributed by atoms with Crippen molar-refractivity contribution in [1.29, 1.82) is 0 Å². The van der Waals surface area contributed by atoms with Crippen LogP contribution in [0.1, 0.15) is 55.8 Å². The van der Waals surface area contributed by atoms with E-state index in [9.17, 15) is 9.59 Å². The van der Waals surface area contributed by atoms with Gasteiger partial charge < -0.3 is 15.0 Å². The van der Waals surface area contributed by atoms with E-state index in [-0.39, 0.29) is 23.8 Å². The number of esters is 1. The van der Waals surface area contributed by atoms with E-state index in [0.29, 0.717) is 18.6 Å². The molecule has 150 valence electrons. The maximum atomic E-state index is 12.9. The number of fused-ring (bicyclic) bond motifs is 1. The number of pyridine rings is 1. The minimum absolute atomic E-state index is 0.00706. The summed E-state index contributed by atoms with van der Waals surface area (Å²) in [6.45, 7) is 4.34. The van der Waals surface area contributed by atoms with E-state index in [0.717, 1.165) is 43.6 Å². The molecule has 2 aromatic rings. The second kappa shape index (κ2) is 8.20. The number of hydrogen-bond acceptors (Lipinski definition) is 5. The molecule has 0 bridgehead atoms. The van der Waals surface area contributed by atoms with Crippen LogP contribution < -0.4 is 10.2 Å². The summed E-state index contributed by atoms with van der Waals surface area (Å²) in [4.78, 5) is 27.3. The van der Waals surface area contributed by atoms with Gasteiger partial charge in [0.05, 0.1) is 29.8 Å². The minimum Gasteiger partial charge on any atom is -0.466 e. The highest BCUT2D eigenvalue weighted by Crippen LogP contribution is 2.27. The molecule has 0 aromatic carbocycles. The van der Waals surface area contributed by atoms with Gasteiger partial charge in [-0.15, -0.1) is 0 Å². The molecule has 0 radical (unpaired) electrons. The molecule has 4 rings (SSSR count). The molecule has 7 nitrogen and oxygen atoms in total. The summed E-state index contributed by atoms with van der Waals surface area (Å²) >= 11 is 0. The molecule has 1 aliphatic carbocycles. The molecule has 1 aliphatic heterocycles. The molecule has 2 unspecified atom stereocenters. The second-order valence-corrected chi connectivity index (χ2v) is 7.75. The summed E-state index contributed by atoms with van der Waals surface area (Å²) in [6.07, 6.45) is 9.25. The second-order valence-electron chi connectivity index (χ2n) is 7.75. The average molecular weight is 384 g/mol. The van der Waals surface area contributed by atoms with Crippen molar-refractivity contribution in [2.24, 2.45) is 5.92 Å². The predicted octanol–water partition coefficient (Wildman–Crippen LogP) is 2.79. The Balaban J connectivity index is 1.47. The highest BCUT2D eigenvalue weighted by atomic mass is 16.5. The Morgan fingerprint density at radius 3 is 2.86 bits per heavy atom. The molecular weight excluding hydrogens is 356 g/mol. The molecule has 1 amide bonds. The first kappa shape index (κ1) is 18.8. The van der Waals surface area contributed by atoms with Crippen molar-refractivity contribution in [3.63, 3.8) is 0 Å². The lowest BCUT2D eigenvalue weighted by atomic mass is 9.85. The van der Waals surface area contributed by atoms with Crippen LogP contribution in [0, 0.1) is 5.92 Å². The third kappa shape index (κ3) is 3.84. The highest BCUT2D eigenvalue weighted by molar-refractivity contribution is 6.01. The lowest BCUT2D eigenvalue weighted by Gasteiger charge is -2.28. The quantitative estimate of drug-likeness (QED) is 0.803. The number of carbonyl (C=O) groups excluding carboxylic acids is 2. The topological polar surface area (TPSA) is 75.9 Å². The van der Waals surface area contributed by atoms with Crippen LogP contribution in [0.15, 0.2) is 24.5 Å². The summed E-state index contributed by atoms with van der Waals surface area (Å²) in [6, 6.07) is 4.10. The lowest BCUT2D eigenvalue weighted by Crippen LogP contribution is -2.40. The van der Waals surface area contributed by atoms with Crippen LogP contribution in [0.5, 0.6) is 0 Å². The number of aromatic nitrogens is 2. The van der Waals surface area contributed by atoms with Crippen LogP contribution in [-0.4, -0.2) is 47.2 Å². The largest absolute Gasteiger partial charge is 0.466 e. The summed E-state index contributed by atoms with van der Waals surface area (Å²) in [7, 11) is 0. The van der Waals surface area contributed by atoms with E-state index in [2.05, 4.69) is 27.4 Å². The zero-order valence-electron chi connectivity index (χ0n) is 16.4. The summed E-state index contributed by atoms with van der Waals surface area (Å²) in [5, 5.41) is 7.45. The van der Waals surface area contributed by atoms with E-state index < -0.39 is 0 Å². The van der Waals surface area contributed by atoms with Crippen molar-refractivity contribution >= 4 is 23.1 Å². The monoisotopic (exact) mass is 384 g/mol. The van der Waals surface area contributed by atoms with Gasteiger partial charge in [0.1, 0.15) is 0 Å². The normalized spacial score (nSPS) is 22.4. The number of rotatable bonds is 5. The number of anilines is 1. The molecule has 2 aromatic heterocycles. The van der Waals surface area contributed by atoms with E-state index in [1.54, 1.807) is 10.7 Å². The zero-order valence-corrected chi connectivity index (χ0v) is 16.4. The van der Waals surface area contributed by atoms with Crippen molar-refractivity contribution in [2.45, 2.75) is 51.5 Å². The third-order valence-electron chi connectivity index (χ3n) is 5.85. The number of ether oxygens (including phenoxy) is 1. The molecule has 2 atom stereocenters. The van der Waals surface area contributed by atoms with Gasteiger partial charge >= 0.3 is 5.97 Å².